The molecule has 0 spiro atoms. The number of nitrogens with zero attached hydrogens (tertiary/aromatic N) is 3. The molecular weight excluding hydrogens is 296 g/mol. The van der Waals surface area contributed by atoms with Crippen molar-refractivity contribution in [3.05, 3.63) is 12.4 Å². The molecule has 0 unspecified atom stereocenters. The number of nitrogens with one attached hydrogen (secondary N) is 1. The summed E-state index contributed by atoms with van der Waals surface area (Å²) in [5, 5.41) is 7.33. The number of hydrogen-bond acceptors (Lipinski definition) is 5. The Labute approximate surface area is 125 Å². The Kier molecular flexibility index (Phi) is 5.88. The lowest BCUT2D eigenvalue weighted by Gasteiger charge is -2.18. The van der Waals surface area contributed by atoms with Crippen LogP contribution in [0.25, 0.3) is 0 Å². The highest BCUT2D eigenvalue weighted by molar-refractivity contribution is 7.99. The van der Waals surface area contributed by atoms with Crippen molar-refractivity contribution in [2.45, 2.75) is 24.8 Å². The Hall–Kier alpha value is -0.570. The fourth-order valence-corrected chi connectivity index (χ4v) is 4.52. The monoisotopic (exact) mass is 318 g/mol. The van der Waals surface area contributed by atoms with Gasteiger partial charge in [-0.2, -0.15) is 21.2 Å². The van der Waals surface area contributed by atoms with Gasteiger partial charge in [-0.3, -0.25) is 4.68 Å². The molecule has 1 saturated heterocycles. The minimum Gasteiger partial charge on any atom is -0.315 e. The van der Waals surface area contributed by atoms with Crippen LogP contribution in [0.4, 0.5) is 0 Å². The van der Waals surface area contributed by atoms with Gasteiger partial charge in [0.05, 0.1) is 12.7 Å². The van der Waals surface area contributed by atoms with E-state index in [2.05, 4.69) is 10.4 Å². The second kappa shape index (κ2) is 7.44. The molecule has 0 radical (unpaired) electrons. The van der Waals surface area contributed by atoms with Crippen LogP contribution in [0.2, 0.25) is 0 Å². The lowest BCUT2D eigenvalue weighted by molar-refractivity contribution is 0.435. The third kappa shape index (κ3) is 3.97. The van der Waals surface area contributed by atoms with Crippen LogP contribution >= 0.6 is 11.8 Å². The summed E-state index contributed by atoms with van der Waals surface area (Å²) in [6.45, 7) is 5.61. The molecule has 0 atom stereocenters. The van der Waals surface area contributed by atoms with Crippen molar-refractivity contribution < 1.29 is 8.42 Å². The Bertz CT molecular complexity index is 507. The van der Waals surface area contributed by atoms with Crippen LogP contribution in [0.3, 0.4) is 0 Å². The maximum Gasteiger partial charge on any atom is 0.246 e. The first-order chi connectivity index (χ1) is 9.64. The van der Waals surface area contributed by atoms with E-state index in [9.17, 15) is 8.42 Å². The molecule has 1 aliphatic rings. The van der Waals surface area contributed by atoms with Gasteiger partial charge >= 0.3 is 0 Å². The quantitative estimate of drug-likeness (QED) is 0.779. The van der Waals surface area contributed by atoms with Crippen LogP contribution in [0.1, 0.15) is 13.3 Å². The number of thioether (sulfide) groups is 1. The molecular formula is C12H22N4O2S2. The van der Waals surface area contributed by atoms with Crippen molar-refractivity contribution in [2.75, 3.05) is 37.7 Å². The second-order valence-electron chi connectivity index (χ2n) is 4.66. The van der Waals surface area contributed by atoms with Crippen molar-refractivity contribution in [1.29, 1.82) is 0 Å². The minimum atomic E-state index is -3.38. The van der Waals surface area contributed by atoms with E-state index in [-0.39, 0.29) is 0 Å². The molecule has 2 heterocycles. The van der Waals surface area contributed by atoms with Crippen LogP contribution in [-0.2, 0) is 16.6 Å². The lowest BCUT2D eigenvalue weighted by atomic mass is 10.5. The summed E-state index contributed by atoms with van der Waals surface area (Å²) in [5.74, 6) is 1.90. The summed E-state index contributed by atoms with van der Waals surface area (Å²) < 4.78 is 28.3. The standard InChI is InChI=1S/C12H22N4O2S2/c1-2-13-4-6-15-11-12(10-14-15)20(17,18)16-5-3-8-19-9-7-16/h10-11,13H,2-9H2,1H3. The van der Waals surface area contributed by atoms with Gasteiger partial charge in [0.15, 0.2) is 0 Å². The number of likely N-dealkylation sites (N-methyl/N-ethyl adjacent to an activating group) is 1. The van der Waals surface area contributed by atoms with E-state index < -0.39 is 10.0 Å². The number of hydrogen-bond donors (Lipinski definition) is 1. The Morgan fingerprint density at radius 2 is 2.25 bits per heavy atom. The highest BCUT2D eigenvalue weighted by Gasteiger charge is 2.26. The molecule has 2 rings (SSSR count). The summed E-state index contributed by atoms with van der Waals surface area (Å²) in [5.41, 5.74) is 0. The van der Waals surface area contributed by atoms with Crippen molar-refractivity contribution in [3.63, 3.8) is 0 Å². The topological polar surface area (TPSA) is 67.2 Å². The van der Waals surface area contributed by atoms with Crippen LogP contribution in [0, 0.1) is 0 Å². The van der Waals surface area contributed by atoms with Crippen LogP contribution in [0.15, 0.2) is 17.3 Å². The molecule has 0 bridgehead atoms. The van der Waals surface area contributed by atoms with Crippen LogP contribution < -0.4 is 5.32 Å². The molecule has 0 saturated carbocycles. The highest BCUT2D eigenvalue weighted by Crippen LogP contribution is 2.19. The summed E-state index contributed by atoms with van der Waals surface area (Å²) in [6, 6.07) is 0. The van der Waals surface area contributed by atoms with Gasteiger partial charge in [0, 0.05) is 31.6 Å². The van der Waals surface area contributed by atoms with E-state index in [1.165, 1.54) is 6.20 Å². The van der Waals surface area contributed by atoms with Crippen LogP contribution in [0.5, 0.6) is 0 Å². The number of sulfonamides is 1. The van der Waals surface area contributed by atoms with E-state index in [0.29, 0.717) is 24.5 Å². The molecule has 6 nitrogen and oxygen atoms in total. The van der Waals surface area contributed by atoms with Crippen molar-refractivity contribution in [2.24, 2.45) is 0 Å². The summed E-state index contributed by atoms with van der Waals surface area (Å²) in [6.07, 6.45) is 4.00. The highest BCUT2D eigenvalue weighted by atomic mass is 32.2. The zero-order valence-electron chi connectivity index (χ0n) is 11.8. The minimum absolute atomic E-state index is 0.306. The maximum absolute atomic E-state index is 12.5. The molecule has 1 aliphatic heterocycles. The number of rotatable bonds is 6. The van der Waals surface area contributed by atoms with Gasteiger partial charge in [-0.05, 0) is 18.7 Å². The molecule has 1 aromatic rings. The summed E-state index contributed by atoms with van der Waals surface area (Å²) in [7, 11) is -3.38. The first-order valence-corrected chi connectivity index (χ1v) is 9.55. The predicted molar refractivity (Wildman–Crippen MR) is 81.5 cm³/mol. The molecule has 8 heteroatoms. The first-order valence-electron chi connectivity index (χ1n) is 6.95. The van der Waals surface area contributed by atoms with Crippen molar-refractivity contribution in [3.8, 4) is 0 Å². The third-order valence-corrected chi connectivity index (χ3v) is 6.10. The Balaban J connectivity index is 2.05. The van der Waals surface area contributed by atoms with Crippen molar-refractivity contribution >= 4 is 21.8 Å². The van der Waals surface area contributed by atoms with E-state index in [1.54, 1.807) is 15.2 Å². The first kappa shape index (κ1) is 15.8. The van der Waals surface area contributed by atoms with Gasteiger partial charge in [-0.1, -0.05) is 6.92 Å². The van der Waals surface area contributed by atoms with Gasteiger partial charge in [0.2, 0.25) is 10.0 Å². The summed E-state index contributed by atoms with van der Waals surface area (Å²) in [4.78, 5) is 0.306. The van der Waals surface area contributed by atoms with Crippen LogP contribution in [-0.4, -0.2) is 60.2 Å². The van der Waals surface area contributed by atoms with E-state index in [1.807, 2.05) is 18.7 Å². The average Bonchev–Trinajstić information content (AvgIpc) is 2.73. The van der Waals surface area contributed by atoms with Gasteiger partial charge in [-0.25, -0.2) is 8.42 Å². The molecule has 114 valence electrons. The molecule has 0 aromatic carbocycles. The van der Waals surface area contributed by atoms with Gasteiger partial charge < -0.3 is 5.32 Å². The fourth-order valence-electron chi connectivity index (χ4n) is 2.08. The summed E-state index contributed by atoms with van der Waals surface area (Å²) >= 11 is 1.81. The van der Waals surface area contributed by atoms with Gasteiger partial charge in [-0.15, -0.1) is 0 Å². The zero-order chi connectivity index (χ0) is 14.4. The third-order valence-electron chi connectivity index (χ3n) is 3.20. The van der Waals surface area contributed by atoms with E-state index in [4.69, 9.17) is 0 Å². The normalized spacial score (nSPS) is 18.1. The molecule has 20 heavy (non-hydrogen) atoms. The fraction of sp³-hybridized carbons (Fsp3) is 0.750. The SMILES string of the molecule is CCNCCn1cc(S(=O)(=O)N2CCCSCC2)cn1. The predicted octanol–water partition coefficient (Wildman–Crippen LogP) is 0.620. The Morgan fingerprint density at radius 1 is 1.40 bits per heavy atom. The molecule has 1 fully saturated rings. The largest absolute Gasteiger partial charge is 0.315 e. The zero-order valence-corrected chi connectivity index (χ0v) is 13.4. The lowest BCUT2D eigenvalue weighted by Crippen LogP contribution is -2.32. The average molecular weight is 318 g/mol. The second-order valence-corrected chi connectivity index (χ2v) is 7.83. The molecule has 1 aromatic heterocycles. The van der Waals surface area contributed by atoms with E-state index >= 15 is 0 Å². The smallest absolute Gasteiger partial charge is 0.246 e. The van der Waals surface area contributed by atoms with E-state index in [0.717, 1.165) is 31.0 Å². The molecule has 0 aliphatic carbocycles. The van der Waals surface area contributed by atoms with Crippen molar-refractivity contribution in [1.82, 2.24) is 19.4 Å². The maximum atomic E-state index is 12.5. The number of aromatic nitrogens is 2. The van der Waals surface area contributed by atoms with Gasteiger partial charge in [0.1, 0.15) is 4.90 Å². The Morgan fingerprint density at radius 3 is 3.05 bits per heavy atom. The van der Waals surface area contributed by atoms with Gasteiger partial charge in [0.25, 0.3) is 0 Å². The molecule has 0 amide bonds. The molecule has 1 N–H and O–H groups in total.